The van der Waals surface area contributed by atoms with E-state index < -0.39 is 5.92 Å². The highest BCUT2D eigenvalue weighted by Crippen LogP contribution is 2.45. The minimum absolute atomic E-state index is 0.000150. The second kappa shape index (κ2) is 18.9. The molecule has 0 aliphatic carbocycles. The normalized spacial score (nSPS) is 13.0. The Morgan fingerprint density at radius 3 is 2.38 bits per heavy atom. The fraction of sp³-hybridized carbons (Fsp3) is 0.196. The fourth-order valence-electron chi connectivity index (χ4n) is 6.91. The van der Waals surface area contributed by atoms with Gasteiger partial charge in [-0.25, -0.2) is 14.8 Å². The van der Waals surface area contributed by atoms with Crippen LogP contribution in [0.1, 0.15) is 55.4 Å². The molecule has 1 aliphatic rings. The van der Waals surface area contributed by atoms with E-state index in [4.69, 9.17) is 24.4 Å². The number of carbonyl (C=O) groups excluding carboxylic acids is 1. The van der Waals surface area contributed by atoms with E-state index in [-0.39, 0.29) is 35.2 Å². The van der Waals surface area contributed by atoms with Gasteiger partial charge in [0.15, 0.2) is 28.1 Å². The second-order valence-electron chi connectivity index (χ2n) is 14.6. The number of rotatable bonds is 9. The smallest absolute Gasteiger partial charge is 0.337 e. The summed E-state index contributed by atoms with van der Waals surface area (Å²) in [5, 5.41) is 35.3. The molecule has 8 aromatic rings. The summed E-state index contributed by atoms with van der Waals surface area (Å²) in [4.78, 5) is 35.0. The molecule has 0 bridgehead atoms. The fourth-order valence-corrected chi connectivity index (χ4v) is 7.68. The molecule has 0 saturated carbocycles. The number of imidazole rings is 1. The third kappa shape index (κ3) is 9.47. The van der Waals surface area contributed by atoms with E-state index in [2.05, 4.69) is 41.4 Å². The first-order valence-electron chi connectivity index (χ1n) is 19.5. The number of ether oxygens (including phenoxy) is 3. The van der Waals surface area contributed by atoms with Crippen LogP contribution in [0.4, 0.5) is 0 Å². The summed E-state index contributed by atoms with van der Waals surface area (Å²) in [6.07, 6.45) is 1.70. The molecule has 320 valence electrons. The number of nitrogens with two attached hydrogens (primary N) is 1. The monoisotopic (exact) mass is 865 g/mol. The van der Waals surface area contributed by atoms with Gasteiger partial charge in [-0.3, -0.25) is 15.0 Å². The van der Waals surface area contributed by atoms with Crippen molar-refractivity contribution in [1.82, 2.24) is 35.3 Å². The van der Waals surface area contributed by atoms with Crippen molar-refractivity contribution in [3.8, 4) is 34.7 Å². The molecule has 17 heteroatoms. The number of H-pyrrole nitrogens is 3. The van der Waals surface area contributed by atoms with Crippen LogP contribution >= 0.6 is 11.8 Å². The summed E-state index contributed by atoms with van der Waals surface area (Å²) >= 11 is 1.40. The third-order valence-corrected chi connectivity index (χ3v) is 11.0. The number of aromatic hydroxyl groups is 1. The van der Waals surface area contributed by atoms with Crippen LogP contribution in [0.15, 0.2) is 111 Å². The highest BCUT2D eigenvalue weighted by atomic mass is 32.2. The Balaban J connectivity index is 0.000000144. The maximum atomic E-state index is 12.1. The molecule has 63 heavy (non-hydrogen) atoms. The van der Waals surface area contributed by atoms with Crippen molar-refractivity contribution in [2.75, 3.05) is 20.0 Å². The molecule has 6 N–H and O–H groups in total. The number of fused-ring (bicyclic) bond motifs is 3. The number of hydrogen-bond donors (Lipinski definition) is 5. The number of nitrogens with one attached hydrogen (secondary N) is 3. The molecule has 1 aliphatic heterocycles. The first-order chi connectivity index (χ1) is 30.4. The van der Waals surface area contributed by atoms with E-state index in [1.165, 1.54) is 30.5 Å². The van der Waals surface area contributed by atoms with Crippen LogP contribution in [0.5, 0.6) is 17.4 Å². The van der Waals surface area contributed by atoms with Gasteiger partial charge in [0.2, 0.25) is 17.5 Å². The molecule has 3 aromatic carbocycles. The molecule has 16 nitrogen and oxygen atoms in total. The molecule has 0 radical (unpaired) electrons. The number of methoxy groups -OCH3 is 2. The number of thioether (sulfide) groups is 1. The highest BCUT2D eigenvalue weighted by Gasteiger charge is 2.36. The van der Waals surface area contributed by atoms with E-state index in [1.807, 2.05) is 81.4 Å². The van der Waals surface area contributed by atoms with Crippen molar-refractivity contribution in [2.45, 2.75) is 45.4 Å². The van der Waals surface area contributed by atoms with E-state index >= 15 is 0 Å². The summed E-state index contributed by atoms with van der Waals surface area (Å²) in [7, 11) is 3.03. The predicted molar refractivity (Wildman–Crippen MR) is 238 cm³/mol. The first-order valence-corrected chi connectivity index (χ1v) is 20.5. The Morgan fingerprint density at radius 2 is 1.70 bits per heavy atom. The Hall–Kier alpha value is -7.68. The lowest BCUT2D eigenvalue weighted by atomic mass is 9.83. The van der Waals surface area contributed by atoms with Crippen LogP contribution in [0.2, 0.25) is 0 Å². The largest absolute Gasteiger partial charge is 0.504 e. The number of pyridine rings is 1. The van der Waals surface area contributed by atoms with Gasteiger partial charge in [0.1, 0.15) is 11.6 Å². The minimum atomic E-state index is -0.508. The maximum absolute atomic E-state index is 12.1. The molecule has 1 unspecified atom stereocenters. The second-order valence-corrected chi connectivity index (χ2v) is 15.5. The molecular weight excluding hydrogens is 823 g/mol. The number of nitriles is 1. The Kier molecular flexibility index (Phi) is 13.0. The Morgan fingerprint density at radius 1 is 0.968 bits per heavy atom. The molecule has 9 rings (SSSR count). The van der Waals surface area contributed by atoms with Gasteiger partial charge in [-0.15, -0.1) is 10.2 Å². The molecule has 0 fully saturated rings. The van der Waals surface area contributed by atoms with Gasteiger partial charge < -0.3 is 34.5 Å². The zero-order valence-electron chi connectivity index (χ0n) is 35.2. The zero-order valence-corrected chi connectivity index (χ0v) is 36.0. The first kappa shape index (κ1) is 43.4. The zero-order chi connectivity index (χ0) is 44.8. The van der Waals surface area contributed by atoms with Gasteiger partial charge in [-0.1, -0.05) is 77.5 Å². The van der Waals surface area contributed by atoms with Crippen LogP contribution in [0.3, 0.4) is 0 Å². The highest BCUT2D eigenvalue weighted by molar-refractivity contribution is 7.99. The quantitative estimate of drug-likeness (QED) is 0.0686. The summed E-state index contributed by atoms with van der Waals surface area (Å²) in [6, 6.07) is 26.6. The summed E-state index contributed by atoms with van der Waals surface area (Å²) in [5.41, 5.74) is 16.3. The van der Waals surface area contributed by atoms with Crippen molar-refractivity contribution in [2.24, 2.45) is 5.73 Å². The number of hydrogen-bond acceptors (Lipinski definition) is 14. The van der Waals surface area contributed by atoms with Crippen LogP contribution in [0.25, 0.3) is 33.5 Å². The van der Waals surface area contributed by atoms with E-state index in [9.17, 15) is 20.0 Å². The predicted octanol–water partition coefficient (Wildman–Crippen LogP) is 7.84. The molecule has 0 amide bonds. The molecule has 0 spiro atoms. The Bertz CT molecular complexity index is 3040. The van der Waals surface area contributed by atoms with Gasteiger partial charge in [-0.05, 0) is 62.6 Å². The number of Topliss-reactive ketones (excluding diaryl/α,β-unsaturated/α-hetero) is 1. The number of aromatic amines is 3. The molecule has 1 atom stereocenters. The summed E-state index contributed by atoms with van der Waals surface area (Å²) in [5.74, 6) is 0.629. The number of nitrogens with zero attached hydrogens (tertiary/aromatic N) is 5. The standard InChI is InChI=1S/C17H18N4O4.C15H13N3OS.C14H12N2O2/c1-8-4-9(5-12(24-3)15(8)22)13-10(6-18)16(19)25-17-14(13)11(7-23-2)20-21-17;1-10-4-6-11(7-5-10)13(19)9-20-15-17-12-3-2-8-16-14(12)18-15;1-8-3-5-10(6-4-8)13-12-9(2)7-11(17)18-14(12)16-15-13/h4-5,13,22H,7,19H2,1-3H3,(H,20,21);2-8H,9H2,1H3,(H,16,17,18);3-7H,1-2H3,(H,15,16). The van der Waals surface area contributed by atoms with E-state index in [0.717, 1.165) is 49.6 Å². The number of aromatic nitrogens is 7. The topological polar surface area (TPSA) is 244 Å². The average Bonchev–Trinajstić information content (AvgIpc) is 4.01. The Labute approximate surface area is 365 Å². The van der Waals surface area contributed by atoms with E-state index in [1.54, 1.807) is 32.4 Å². The SMILES string of the molecule is COCc1[nH]nc2c1C(c1cc(C)c(O)c(OC)c1)C(C#N)=C(N)O2.Cc1ccc(-c2[nH]nc3oc(=O)cc(C)c23)cc1.Cc1ccc(C(=O)CSc2nc3ncccc3[nH]2)cc1. The van der Waals surface area contributed by atoms with Crippen molar-refractivity contribution in [3.63, 3.8) is 0 Å². The lowest BCUT2D eigenvalue weighted by molar-refractivity contribution is 0.102. The number of allylic oxidation sites excluding steroid dienone is 1. The number of ketones is 1. The van der Waals surface area contributed by atoms with Gasteiger partial charge in [0.25, 0.3) is 0 Å². The lowest BCUT2D eigenvalue weighted by Crippen LogP contribution is -2.21. The van der Waals surface area contributed by atoms with Crippen molar-refractivity contribution < 1.29 is 28.5 Å². The molecular formula is C46H43N9O7S. The van der Waals surface area contributed by atoms with Gasteiger partial charge in [-0.2, -0.15) is 5.26 Å². The van der Waals surface area contributed by atoms with Crippen molar-refractivity contribution >= 4 is 39.8 Å². The molecule has 0 saturated heterocycles. The number of aryl methyl sites for hydroxylation is 4. The average molecular weight is 866 g/mol. The van der Waals surface area contributed by atoms with Crippen LogP contribution in [0, 0.1) is 39.0 Å². The number of phenols is 1. The number of phenolic OH excluding ortho intramolecular Hbond substituents is 1. The number of benzene rings is 3. The minimum Gasteiger partial charge on any atom is -0.504 e. The summed E-state index contributed by atoms with van der Waals surface area (Å²) in [6.45, 7) is 7.96. The van der Waals surface area contributed by atoms with Crippen molar-refractivity contribution in [1.29, 1.82) is 5.26 Å². The summed E-state index contributed by atoms with van der Waals surface area (Å²) < 4.78 is 21.0. The number of carbonyl (C=O) groups is 1. The van der Waals surface area contributed by atoms with Gasteiger partial charge >= 0.3 is 5.63 Å². The van der Waals surface area contributed by atoms with E-state index in [0.29, 0.717) is 45.6 Å². The molecule has 5 aromatic heterocycles. The van der Waals surface area contributed by atoms with Crippen molar-refractivity contribution in [3.05, 3.63) is 152 Å². The maximum Gasteiger partial charge on any atom is 0.337 e. The van der Waals surface area contributed by atoms with Gasteiger partial charge in [0, 0.05) is 30.5 Å². The lowest BCUT2D eigenvalue weighted by Gasteiger charge is -2.25. The van der Waals surface area contributed by atoms with Crippen LogP contribution in [-0.4, -0.2) is 66.2 Å². The molecule has 6 heterocycles. The van der Waals surface area contributed by atoms with Crippen LogP contribution < -0.4 is 20.8 Å². The van der Waals surface area contributed by atoms with Crippen LogP contribution in [-0.2, 0) is 11.3 Å². The third-order valence-electron chi connectivity index (χ3n) is 10.1. The van der Waals surface area contributed by atoms with Gasteiger partial charge in [0.05, 0.1) is 53.2 Å².